The van der Waals surface area contributed by atoms with Crippen LogP contribution in [0.15, 0.2) is 66.7 Å². The summed E-state index contributed by atoms with van der Waals surface area (Å²) in [6, 6.07) is 21.7. The van der Waals surface area contributed by atoms with Gasteiger partial charge in [-0.15, -0.1) is 11.3 Å². The first-order valence-electron chi connectivity index (χ1n) is 7.22. The Labute approximate surface area is 134 Å². The molecule has 0 bridgehead atoms. The summed E-state index contributed by atoms with van der Waals surface area (Å²) in [6.07, 6.45) is 0. The lowest BCUT2D eigenvalue weighted by molar-refractivity contribution is 0.104. The number of nitrogens with one attached hydrogen (secondary N) is 1. The van der Waals surface area contributed by atoms with E-state index in [1.54, 1.807) is 11.3 Å². The number of carbonyl (C=O) groups excluding carboxylic acids is 1. The molecule has 1 N–H and O–H groups in total. The second-order valence-electron chi connectivity index (χ2n) is 5.05. The third-order valence-electron chi connectivity index (χ3n) is 3.46. The van der Waals surface area contributed by atoms with Gasteiger partial charge in [0.05, 0.1) is 4.88 Å². The van der Waals surface area contributed by atoms with Crippen LogP contribution in [0.2, 0.25) is 0 Å². The van der Waals surface area contributed by atoms with Gasteiger partial charge in [0.25, 0.3) is 0 Å². The van der Waals surface area contributed by atoms with Crippen molar-refractivity contribution >= 4 is 17.1 Å². The second-order valence-corrected chi connectivity index (χ2v) is 6.18. The maximum Gasteiger partial charge on any atom is 0.203 e. The van der Waals surface area contributed by atoms with E-state index in [2.05, 4.69) is 11.4 Å². The van der Waals surface area contributed by atoms with E-state index in [-0.39, 0.29) is 5.78 Å². The lowest BCUT2D eigenvalue weighted by Crippen LogP contribution is -2.02. The first-order chi connectivity index (χ1) is 10.8. The van der Waals surface area contributed by atoms with Crippen molar-refractivity contribution < 1.29 is 4.79 Å². The van der Waals surface area contributed by atoms with E-state index in [1.165, 1.54) is 4.88 Å². The van der Waals surface area contributed by atoms with Crippen LogP contribution >= 0.6 is 11.3 Å². The summed E-state index contributed by atoms with van der Waals surface area (Å²) in [4.78, 5) is 14.8. The molecule has 0 unspecified atom stereocenters. The Kier molecular flexibility index (Phi) is 4.47. The largest absolute Gasteiger partial charge is 0.315 e. The van der Waals surface area contributed by atoms with Crippen LogP contribution in [0.5, 0.6) is 0 Å². The highest BCUT2D eigenvalue weighted by Crippen LogP contribution is 2.33. The standard InChI is InChI=1S/C19H17NOS/c1-20-13-16-12-17(14-8-4-2-5-9-14)19(22-16)18(21)15-10-6-3-7-11-15/h2-12,20H,13H2,1H3. The van der Waals surface area contributed by atoms with E-state index in [1.807, 2.05) is 67.7 Å². The zero-order valence-corrected chi connectivity index (χ0v) is 13.2. The molecule has 3 rings (SSSR count). The van der Waals surface area contributed by atoms with Gasteiger partial charge in [0, 0.05) is 22.5 Å². The molecule has 0 aliphatic heterocycles. The Hall–Kier alpha value is -2.23. The highest BCUT2D eigenvalue weighted by atomic mass is 32.1. The SMILES string of the molecule is CNCc1cc(-c2ccccc2)c(C(=O)c2ccccc2)s1. The van der Waals surface area contributed by atoms with Gasteiger partial charge in [0.15, 0.2) is 0 Å². The van der Waals surface area contributed by atoms with Gasteiger partial charge >= 0.3 is 0 Å². The van der Waals surface area contributed by atoms with Gasteiger partial charge in [-0.3, -0.25) is 4.79 Å². The van der Waals surface area contributed by atoms with Crippen molar-refractivity contribution in [3.05, 3.63) is 82.0 Å². The number of ketones is 1. The maximum absolute atomic E-state index is 12.8. The highest BCUT2D eigenvalue weighted by molar-refractivity contribution is 7.14. The summed E-state index contributed by atoms with van der Waals surface area (Å²) in [7, 11) is 1.92. The number of hydrogen-bond acceptors (Lipinski definition) is 3. The van der Waals surface area contributed by atoms with Crippen molar-refractivity contribution in [2.45, 2.75) is 6.54 Å². The highest BCUT2D eigenvalue weighted by Gasteiger charge is 2.18. The van der Waals surface area contributed by atoms with Gasteiger partial charge in [-0.05, 0) is 18.7 Å². The molecule has 0 radical (unpaired) electrons. The monoisotopic (exact) mass is 307 g/mol. The van der Waals surface area contributed by atoms with Crippen molar-refractivity contribution in [1.82, 2.24) is 5.32 Å². The first-order valence-corrected chi connectivity index (χ1v) is 8.03. The lowest BCUT2D eigenvalue weighted by Gasteiger charge is -2.03. The molecule has 1 heterocycles. The Morgan fingerprint density at radius 2 is 1.64 bits per heavy atom. The van der Waals surface area contributed by atoms with E-state index in [0.717, 1.165) is 28.1 Å². The third kappa shape index (κ3) is 3.01. The van der Waals surface area contributed by atoms with Gasteiger partial charge in [0.1, 0.15) is 0 Å². The second kappa shape index (κ2) is 6.69. The van der Waals surface area contributed by atoms with E-state index >= 15 is 0 Å². The average Bonchev–Trinajstić information content (AvgIpc) is 3.00. The number of carbonyl (C=O) groups is 1. The van der Waals surface area contributed by atoms with Crippen molar-refractivity contribution in [1.29, 1.82) is 0 Å². The molecule has 1 aromatic heterocycles. The zero-order valence-electron chi connectivity index (χ0n) is 12.4. The van der Waals surface area contributed by atoms with Crippen LogP contribution in [0, 0.1) is 0 Å². The Morgan fingerprint density at radius 1 is 1.00 bits per heavy atom. The van der Waals surface area contributed by atoms with Crippen LogP contribution in [0.25, 0.3) is 11.1 Å². The van der Waals surface area contributed by atoms with Gasteiger partial charge in [-0.25, -0.2) is 0 Å². The minimum absolute atomic E-state index is 0.0896. The Bertz CT molecular complexity index is 763. The van der Waals surface area contributed by atoms with Crippen LogP contribution in [0.1, 0.15) is 20.1 Å². The molecule has 0 atom stereocenters. The topological polar surface area (TPSA) is 29.1 Å². The van der Waals surface area contributed by atoms with Gasteiger partial charge in [-0.1, -0.05) is 60.7 Å². The van der Waals surface area contributed by atoms with E-state index < -0.39 is 0 Å². The van der Waals surface area contributed by atoms with Crippen molar-refractivity contribution in [2.75, 3.05) is 7.05 Å². The molecule has 0 spiro atoms. The molecule has 3 heteroatoms. The van der Waals surface area contributed by atoms with E-state index in [0.29, 0.717) is 0 Å². The molecule has 0 fully saturated rings. The Morgan fingerprint density at radius 3 is 2.27 bits per heavy atom. The fourth-order valence-corrected chi connectivity index (χ4v) is 3.58. The van der Waals surface area contributed by atoms with Crippen molar-refractivity contribution in [2.24, 2.45) is 0 Å². The fraction of sp³-hybridized carbons (Fsp3) is 0.105. The van der Waals surface area contributed by atoms with E-state index in [4.69, 9.17) is 0 Å². The summed E-state index contributed by atoms with van der Waals surface area (Å²) < 4.78 is 0. The molecule has 0 saturated heterocycles. The minimum Gasteiger partial charge on any atom is -0.315 e. The molecule has 0 aliphatic carbocycles. The van der Waals surface area contributed by atoms with Crippen LogP contribution in [-0.4, -0.2) is 12.8 Å². The molecule has 2 aromatic carbocycles. The van der Waals surface area contributed by atoms with Crippen LogP contribution in [0.4, 0.5) is 0 Å². The van der Waals surface area contributed by atoms with Crippen molar-refractivity contribution in [3.63, 3.8) is 0 Å². The number of hydrogen-bond donors (Lipinski definition) is 1. The minimum atomic E-state index is 0.0896. The third-order valence-corrected chi connectivity index (χ3v) is 4.59. The molecular weight excluding hydrogens is 290 g/mol. The quantitative estimate of drug-likeness (QED) is 0.709. The fourth-order valence-electron chi connectivity index (χ4n) is 2.42. The molecular formula is C19H17NOS. The zero-order chi connectivity index (χ0) is 15.4. The summed E-state index contributed by atoms with van der Waals surface area (Å²) in [5.74, 6) is 0.0896. The smallest absolute Gasteiger partial charge is 0.203 e. The van der Waals surface area contributed by atoms with Crippen LogP contribution in [-0.2, 0) is 6.54 Å². The van der Waals surface area contributed by atoms with Crippen LogP contribution in [0.3, 0.4) is 0 Å². The molecule has 0 amide bonds. The first kappa shape index (κ1) is 14.7. The predicted octanol–water partition coefficient (Wildman–Crippen LogP) is 4.37. The lowest BCUT2D eigenvalue weighted by atomic mass is 10.0. The molecule has 3 aromatic rings. The predicted molar refractivity (Wildman–Crippen MR) is 92.4 cm³/mol. The average molecular weight is 307 g/mol. The molecule has 2 nitrogen and oxygen atoms in total. The number of benzene rings is 2. The molecule has 0 saturated carbocycles. The van der Waals surface area contributed by atoms with Crippen LogP contribution < -0.4 is 5.32 Å². The summed E-state index contributed by atoms with van der Waals surface area (Å²) in [5.41, 5.74) is 2.84. The molecule has 110 valence electrons. The number of rotatable bonds is 5. The van der Waals surface area contributed by atoms with Gasteiger partial charge in [-0.2, -0.15) is 0 Å². The van der Waals surface area contributed by atoms with Crippen molar-refractivity contribution in [3.8, 4) is 11.1 Å². The van der Waals surface area contributed by atoms with E-state index in [9.17, 15) is 4.79 Å². The summed E-state index contributed by atoms with van der Waals surface area (Å²) >= 11 is 1.57. The summed E-state index contributed by atoms with van der Waals surface area (Å²) in [6.45, 7) is 0.770. The molecule has 0 aliphatic rings. The van der Waals surface area contributed by atoms with Gasteiger partial charge < -0.3 is 5.32 Å². The maximum atomic E-state index is 12.8. The van der Waals surface area contributed by atoms with Gasteiger partial charge in [0.2, 0.25) is 5.78 Å². The number of thiophene rings is 1. The Balaban J connectivity index is 2.08. The summed E-state index contributed by atoms with van der Waals surface area (Å²) in [5, 5.41) is 3.15. The normalized spacial score (nSPS) is 10.6. The molecule has 22 heavy (non-hydrogen) atoms.